The minimum atomic E-state index is -0.324. The maximum Gasteiger partial charge on any atom is 0.106 e. The van der Waals surface area contributed by atoms with E-state index < -0.39 is 0 Å². The van der Waals surface area contributed by atoms with Crippen LogP contribution in [-0.4, -0.2) is 9.78 Å². The third-order valence-electron chi connectivity index (χ3n) is 3.50. The Morgan fingerprint density at radius 1 is 1.26 bits per heavy atom. The lowest BCUT2D eigenvalue weighted by Gasteiger charge is -2.18. The highest BCUT2D eigenvalue weighted by molar-refractivity contribution is 6.31. The fourth-order valence-corrected chi connectivity index (χ4v) is 2.70. The summed E-state index contributed by atoms with van der Waals surface area (Å²) in [6.07, 6.45) is 1.65. The van der Waals surface area contributed by atoms with Crippen molar-refractivity contribution < 1.29 is 4.42 Å². The van der Waals surface area contributed by atoms with Gasteiger partial charge in [0.15, 0.2) is 0 Å². The highest BCUT2D eigenvalue weighted by Gasteiger charge is 2.25. The van der Waals surface area contributed by atoms with Gasteiger partial charge in [-0.25, -0.2) is 0 Å². The van der Waals surface area contributed by atoms with E-state index in [0.29, 0.717) is 5.02 Å². The third kappa shape index (κ3) is 2.30. The molecular weight excluding hydrogens is 262 g/mol. The Bertz CT molecular complexity index is 598. The number of nitrogens with zero attached hydrogens (tertiary/aromatic N) is 2. The number of hydrogen-bond acceptors (Lipinski definition) is 3. The lowest BCUT2D eigenvalue weighted by Crippen LogP contribution is -2.20. The number of nitrogens with two attached hydrogens (primary N) is 1. The van der Waals surface area contributed by atoms with Gasteiger partial charge in [0.1, 0.15) is 11.5 Å². The van der Waals surface area contributed by atoms with Crippen molar-refractivity contribution in [2.45, 2.75) is 46.7 Å². The zero-order valence-electron chi connectivity index (χ0n) is 12.0. The normalized spacial score (nSPS) is 13.3. The van der Waals surface area contributed by atoms with Gasteiger partial charge in [0.2, 0.25) is 0 Å². The van der Waals surface area contributed by atoms with E-state index in [1.165, 1.54) is 0 Å². The van der Waals surface area contributed by atoms with Crippen molar-refractivity contribution in [2.75, 3.05) is 0 Å². The van der Waals surface area contributed by atoms with Gasteiger partial charge in [0.25, 0.3) is 0 Å². The predicted octanol–water partition coefficient (Wildman–Crippen LogP) is 3.68. The molecule has 0 aliphatic rings. The number of halogens is 1. The molecule has 0 saturated carbocycles. The largest absolute Gasteiger partial charge is 0.466 e. The van der Waals surface area contributed by atoms with Gasteiger partial charge in [-0.2, -0.15) is 5.10 Å². The summed E-state index contributed by atoms with van der Waals surface area (Å²) in [6.45, 7) is 10.0. The summed E-state index contributed by atoms with van der Waals surface area (Å²) in [6, 6.07) is -0.114. The van der Waals surface area contributed by atoms with Gasteiger partial charge < -0.3 is 10.2 Å². The second-order valence-corrected chi connectivity index (χ2v) is 5.55. The Morgan fingerprint density at radius 3 is 2.37 bits per heavy atom. The summed E-state index contributed by atoms with van der Waals surface area (Å²) in [7, 11) is 0. The van der Waals surface area contributed by atoms with Gasteiger partial charge in [0.05, 0.1) is 23.0 Å². The average molecular weight is 282 g/mol. The molecule has 1 atom stereocenters. The van der Waals surface area contributed by atoms with Gasteiger partial charge in [-0.15, -0.1) is 0 Å². The van der Waals surface area contributed by atoms with Gasteiger partial charge >= 0.3 is 0 Å². The molecule has 0 bridgehead atoms. The molecule has 4 nitrogen and oxygen atoms in total. The van der Waals surface area contributed by atoms with Crippen molar-refractivity contribution in [3.63, 3.8) is 0 Å². The maximum absolute atomic E-state index is 6.41. The van der Waals surface area contributed by atoms with Crippen LogP contribution in [0, 0.1) is 20.8 Å². The zero-order chi connectivity index (χ0) is 14.3. The van der Waals surface area contributed by atoms with Gasteiger partial charge in [-0.05, 0) is 40.2 Å². The quantitative estimate of drug-likeness (QED) is 0.933. The highest BCUT2D eigenvalue weighted by atomic mass is 35.5. The Morgan fingerprint density at radius 2 is 1.89 bits per heavy atom. The molecule has 0 fully saturated rings. The van der Waals surface area contributed by atoms with E-state index in [1.807, 2.05) is 25.5 Å². The summed E-state index contributed by atoms with van der Waals surface area (Å²) in [5.74, 6) is 1.74. The Kier molecular flexibility index (Phi) is 3.74. The molecule has 1 unspecified atom stereocenters. The molecule has 2 heterocycles. The first kappa shape index (κ1) is 14.2. The molecule has 2 rings (SSSR count). The lowest BCUT2D eigenvalue weighted by atomic mass is 10.00. The van der Waals surface area contributed by atoms with Crippen LogP contribution >= 0.6 is 11.6 Å². The minimum absolute atomic E-state index is 0.210. The first-order chi connectivity index (χ1) is 8.84. The molecule has 0 aliphatic carbocycles. The van der Waals surface area contributed by atoms with E-state index in [4.69, 9.17) is 21.8 Å². The van der Waals surface area contributed by atoms with Crippen molar-refractivity contribution in [2.24, 2.45) is 5.73 Å². The van der Waals surface area contributed by atoms with Crippen LogP contribution in [0.2, 0.25) is 5.02 Å². The van der Waals surface area contributed by atoms with Gasteiger partial charge in [-0.1, -0.05) is 11.6 Å². The zero-order valence-corrected chi connectivity index (χ0v) is 12.7. The number of rotatable bonds is 3. The summed E-state index contributed by atoms with van der Waals surface area (Å²) < 4.78 is 7.52. The van der Waals surface area contributed by atoms with E-state index in [0.717, 1.165) is 28.3 Å². The SMILES string of the molecule is Cc1oc(C)c(C(N)c2c(Cl)cnn2C(C)C)c1C. The second-order valence-electron chi connectivity index (χ2n) is 5.15. The molecule has 0 aromatic carbocycles. The Labute approximate surface area is 118 Å². The molecular formula is C14H20ClN3O. The molecule has 2 aromatic heterocycles. The second kappa shape index (κ2) is 5.02. The van der Waals surface area contributed by atoms with Crippen LogP contribution in [0.4, 0.5) is 0 Å². The summed E-state index contributed by atoms with van der Waals surface area (Å²) in [5, 5.41) is 4.90. The van der Waals surface area contributed by atoms with Crippen LogP contribution in [-0.2, 0) is 0 Å². The topological polar surface area (TPSA) is 57.0 Å². The molecule has 19 heavy (non-hydrogen) atoms. The van der Waals surface area contributed by atoms with Crippen molar-refractivity contribution in [1.29, 1.82) is 0 Å². The van der Waals surface area contributed by atoms with E-state index >= 15 is 0 Å². The van der Waals surface area contributed by atoms with E-state index in [1.54, 1.807) is 6.20 Å². The van der Waals surface area contributed by atoms with Crippen molar-refractivity contribution >= 4 is 11.6 Å². The molecule has 0 aliphatic heterocycles. The third-order valence-corrected chi connectivity index (χ3v) is 3.79. The van der Waals surface area contributed by atoms with Crippen molar-refractivity contribution in [3.05, 3.63) is 39.6 Å². The van der Waals surface area contributed by atoms with Crippen molar-refractivity contribution in [1.82, 2.24) is 9.78 Å². The molecule has 0 saturated heterocycles. The Hall–Kier alpha value is -1.26. The summed E-state index contributed by atoms with van der Waals surface area (Å²) in [4.78, 5) is 0. The number of hydrogen-bond donors (Lipinski definition) is 1. The molecule has 2 aromatic rings. The smallest absolute Gasteiger partial charge is 0.106 e. The van der Waals surface area contributed by atoms with Crippen molar-refractivity contribution in [3.8, 4) is 0 Å². The van der Waals surface area contributed by atoms with Crippen LogP contribution in [0.3, 0.4) is 0 Å². The number of aryl methyl sites for hydroxylation is 2. The van der Waals surface area contributed by atoms with E-state index in [2.05, 4.69) is 18.9 Å². The molecule has 0 radical (unpaired) electrons. The van der Waals surface area contributed by atoms with Crippen LogP contribution in [0.15, 0.2) is 10.6 Å². The van der Waals surface area contributed by atoms with Gasteiger partial charge in [0, 0.05) is 11.6 Å². The standard InChI is InChI=1S/C14H20ClN3O/c1-7(2)18-14(11(15)6-17-18)13(16)12-8(3)9(4)19-10(12)5/h6-7,13H,16H2,1-5H3. The fourth-order valence-electron chi connectivity index (χ4n) is 2.46. The molecule has 104 valence electrons. The highest BCUT2D eigenvalue weighted by Crippen LogP contribution is 2.33. The predicted molar refractivity (Wildman–Crippen MR) is 76.6 cm³/mol. The van der Waals surface area contributed by atoms with Crippen LogP contribution in [0.5, 0.6) is 0 Å². The number of furan rings is 1. The molecule has 0 amide bonds. The first-order valence-electron chi connectivity index (χ1n) is 6.39. The monoisotopic (exact) mass is 281 g/mol. The van der Waals surface area contributed by atoms with E-state index in [-0.39, 0.29) is 12.1 Å². The molecule has 5 heteroatoms. The first-order valence-corrected chi connectivity index (χ1v) is 6.77. The maximum atomic E-state index is 6.41. The average Bonchev–Trinajstić information content (AvgIpc) is 2.81. The van der Waals surface area contributed by atoms with Crippen LogP contribution in [0.25, 0.3) is 0 Å². The molecule has 2 N–H and O–H groups in total. The summed E-state index contributed by atoms with van der Waals surface area (Å²) >= 11 is 6.25. The van der Waals surface area contributed by atoms with Crippen LogP contribution in [0.1, 0.15) is 54.3 Å². The summed E-state index contributed by atoms with van der Waals surface area (Å²) in [5.41, 5.74) is 9.33. The minimum Gasteiger partial charge on any atom is -0.466 e. The van der Waals surface area contributed by atoms with Gasteiger partial charge in [-0.3, -0.25) is 4.68 Å². The molecule has 0 spiro atoms. The lowest BCUT2D eigenvalue weighted by molar-refractivity contribution is 0.486. The van der Waals surface area contributed by atoms with Crippen LogP contribution < -0.4 is 5.73 Å². The Balaban J connectivity index is 2.56. The number of aromatic nitrogens is 2. The van der Waals surface area contributed by atoms with E-state index in [9.17, 15) is 0 Å². The fraction of sp³-hybridized carbons (Fsp3) is 0.500.